The molecule has 0 radical (unpaired) electrons. The Balaban J connectivity index is 1.88. The van der Waals surface area contributed by atoms with Crippen molar-refractivity contribution in [3.63, 3.8) is 0 Å². The number of benzene rings is 1. The fourth-order valence-electron chi connectivity index (χ4n) is 2.66. The van der Waals surface area contributed by atoms with E-state index >= 15 is 0 Å². The predicted octanol–water partition coefficient (Wildman–Crippen LogP) is 2.31. The SMILES string of the molecule is Cc1cccc([C@@H](C(=O)NCCCn2cc(C)cn2)N(C)C)c1. The van der Waals surface area contributed by atoms with Gasteiger partial charge in [-0.25, -0.2) is 0 Å². The standard InChI is InChI=1S/C18H26N4O/c1-14-7-5-8-16(11-14)17(21(3)4)18(23)19-9-6-10-22-13-15(2)12-20-22/h5,7-8,11-13,17H,6,9-10H2,1-4H3,(H,19,23)/t17-/m0/s1. The Morgan fingerprint density at radius 1 is 1.30 bits per heavy atom. The zero-order chi connectivity index (χ0) is 16.8. The molecular weight excluding hydrogens is 288 g/mol. The van der Waals surface area contributed by atoms with Gasteiger partial charge in [0.25, 0.3) is 0 Å². The molecule has 0 aliphatic heterocycles. The first kappa shape index (κ1) is 17.2. The van der Waals surface area contributed by atoms with Crippen LogP contribution in [0.15, 0.2) is 36.7 Å². The zero-order valence-electron chi connectivity index (χ0n) is 14.4. The molecule has 5 heteroatoms. The van der Waals surface area contributed by atoms with E-state index in [9.17, 15) is 4.79 Å². The number of aryl methyl sites for hydroxylation is 3. The second-order valence-corrected chi connectivity index (χ2v) is 6.21. The molecule has 1 heterocycles. The first-order valence-electron chi connectivity index (χ1n) is 7.97. The summed E-state index contributed by atoms with van der Waals surface area (Å²) >= 11 is 0. The van der Waals surface area contributed by atoms with Crippen LogP contribution in [0.2, 0.25) is 0 Å². The molecule has 0 unspecified atom stereocenters. The summed E-state index contributed by atoms with van der Waals surface area (Å²) in [6, 6.07) is 7.84. The molecule has 0 saturated carbocycles. The second kappa shape index (κ2) is 7.92. The van der Waals surface area contributed by atoms with Crippen LogP contribution in [0.3, 0.4) is 0 Å². The molecule has 124 valence electrons. The van der Waals surface area contributed by atoms with Crippen LogP contribution in [-0.2, 0) is 11.3 Å². The van der Waals surface area contributed by atoms with E-state index in [-0.39, 0.29) is 11.9 Å². The smallest absolute Gasteiger partial charge is 0.241 e. The zero-order valence-corrected chi connectivity index (χ0v) is 14.4. The molecule has 0 saturated heterocycles. The maximum atomic E-state index is 12.5. The van der Waals surface area contributed by atoms with Gasteiger partial charge in [0.2, 0.25) is 5.91 Å². The van der Waals surface area contributed by atoms with Gasteiger partial charge in [0.15, 0.2) is 0 Å². The summed E-state index contributed by atoms with van der Waals surface area (Å²) in [5.74, 6) is 0.0391. The second-order valence-electron chi connectivity index (χ2n) is 6.21. The van der Waals surface area contributed by atoms with Crippen molar-refractivity contribution in [2.45, 2.75) is 32.9 Å². The number of nitrogens with zero attached hydrogens (tertiary/aromatic N) is 3. The lowest BCUT2D eigenvalue weighted by molar-refractivity contribution is -0.125. The minimum Gasteiger partial charge on any atom is -0.354 e. The highest BCUT2D eigenvalue weighted by molar-refractivity contribution is 5.83. The van der Waals surface area contributed by atoms with Gasteiger partial charge in [-0.15, -0.1) is 0 Å². The first-order valence-corrected chi connectivity index (χ1v) is 7.97. The Labute approximate surface area is 138 Å². The lowest BCUT2D eigenvalue weighted by Gasteiger charge is -2.24. The normalized spacial score (nSPS) is 12.4. The van der Waals surface area contributed by atoms with E-state index in [1.165, 1.54) is 0 Å². The molecule has 0 aliphatic rings. The van der Waals surface area contributed by atoms with Crippen LogP contribution >= 0.6 is 0 Å². The Bertz CT molecular complexity index is 648. The van der Waals surface area contributed by atoms with Crippen molar-refractivity contribution >= 4 is 5.91 Å². The molecule has 0 spiro atoms. The van der Waals surface area contributed by atoms with E-state index in [0.29, 0.717) is 6.54 Å². The third-order valence-electron chi connectivity index (χ3n) is 3.75. The Morgan fingerprint density at radius 2 is 2.09 bits per heavy atom. The highest BCUT2D eigenvalue weighted by Crippen LogP contribution is 2.19. The van der Waals surface area contributed by atoms with E-state index < -0.39 is 0 Å². The molecule has 0 aliphatic carbocycles. The molecule has 1 atom stereocenters. The highest BCUT2D eigenvalue weighted by Gasteiger charge is 2.22. The largest absolute Gasteiger partial charge is 0.354 e. The average Bonchev–Trinajstić information content (AvgIpc) is 2.89. The molecule has 1 aromatic carbocycles. The minimum absolute atomic E-state index is 0.0391. The number of likely N-dealkylation sites (N-methyl/N-ethyl adjacent to an activating group) is 1. The molecule has 1 aromatic heterocycles. The number of hydrogen-bond donors (Lipinski definition) is 1. The Morgan fingerprint density at radius 3 is 2.70 bits per heavy atom. The van der Waals surface area contributed by atoms with Crippen molar-refractivity contribution in [1.29, 1.82) is 0 Å². The molecule has 1 amide bonds. The topological polar surface area (TPSA) is 50.2 Å². The molecule has 2 aromatic rings. The monoisotopic (exact) mass is 314 g/mol. The van der Waals surface area contributed by atoms with Gasteiger partial charge in [0, 0.05) is 19.3 Å². The predicted molar refractivity (Wildman–Crippen MR) is 92.2 cm³/mol. The molecule has 23 heavy (non-hydrogen) atoms. The third kappa shape index (κ3) is 4.93. The Kier molecular flexibility index (Phi) is 5.93. The van der Waals surface area contributed by atoms with Crippen molar-refractivity contribution < 1.29 is 4.79 Å². The maximum absolute atomic E-state index is 12.5. The van der Waals surface area contributed by atoms with E-state index in [0.717, 1.165) is 29.7 Å². The van der Waals surface area contributed by atoms with Crippen LogP contribution in [0.5, 0.6) is 0 Å². The van der Waals surface area contributed by atoms with Gasteiger partial charge >= 0.3 is 0 Å². The van der Waals surface area contributed by atoms with Crippen molar-refractivity contribution in [3.05, 3.63) is 53.3 Å². The summed E-state index contributed by atoms with van der Waals surface area (Å²) in [7, 11) is 3.86. The highest BCUT2D eigenvalue weighted by atomic mass is 16.2. The van der Waals surface area contributed by atoms with Gasteiger partial charge < -0.3 is 5.32 Å². The maximum Gasteiger partial charge on any atom is 0.241 e. The number of carbonyl (C=O) groups excluding carboxylic acids is 1. The van der Waals surface area contributed by atoms with E-state index in [1.54, 1.807) is 0 Å². The van der Waals surface area contributed by atoms with Crippen molar-refractivity contribution in [3.8, 4) is 0 Å². The number of aromatic nitrogens is 2. The van der Waals surface area contributed by atoms with Gasteiger partial charge in [-0.05, 0) is 45.5 Å². The fraction of sp³-hybridized carbons (Fsp3) is 0.444. The van der Waals surface area contributed by atoms with E-state index in [4.69, 9.17) is 0 Å². The van der Waals surface area contributed by atoms with Crippen molar-refractivity contribution in [2.24, 2.45) is 0 Å². The fourth-order valence-corrected chi connectivity index (χ4v) is 2.66. The Hall–Kier alpha value is -2.14. The van der Waals surface area contributed by atoms with Crippen LogP contribution < -0.4 is 5.32 Å². The minimum atomic E-state index is -0.262. The van der Waals surface area contributed by atoms with Crippen LogP contribution in [0.1, 0.15) is 29.2 Å². The van der Waals surface area contributed by atoms with Crippen LogP contribution in [-0.4, -0.2) is 41.2 Å². The molecular formula is C18H26N4O. The molecule has 1 N–H and O–H groups in total. The number of hydrogen-bond acceptors (Lipinski definition) is 3. The third-order valence-corrected chi connectivity index (χ3v) is 3.75. The molecule has 2 rings (SSSR count). The summed E-state index contributed by atoms with van der Waals surface area (Å²) in [5.41, 5.74) is 3.34. The van der Waals surface area contributed by atoms with Gasteiger partial charge in [0.05, 0.1) is 6.20 Å². The summed E-state index contributed by atoms with van der Waals surface area (Å²) < 4.78 is 1.91. The summed E-state index contributed by atoms with van der Waals surface area (Å²) in [4.78, 5) is 14.5. The van der Waals surface area contributed by atoms with Gasteiger partial charge in [0.1, 0.15) is 6.04 Å². The van der Waals surface area contributed by atoms with Crippen LogP contribution in [0.25, 0.3) is 0 Å². The molecule has 0 bridgehead atoms. The quantitative estimate of drug-likeness (QED) is 0.798. The van der Waals surface area contributed by atoms with Crippen molar-refractivity contribution in [1.82, 2.24) is 20.0 Å². The van der Waals surface area contributed by atoms with Crippen LogP contribution in [0.4, 0.5) is 0 Å². The van der Waals surface area contributed by atoms with Gasteiger partial charge in [-0.2, -0.15) is 5.10 Å². The number of nitrogens with one attached hydrogen (secondary N) is 1. The van der Waals surface area contributed by atoms with Gasteiger partial charge in [-0.3, -0.25) is 14.4 Å². The number of amides is 1. The van der Waals surface area contributed by atoms with E-state index in [2.05, 4.69) is 16.5 Å². The van der Waals surface area contributed by atoms with Crippen LogP contribution in [0, 0.1) is 13.8 Å². The number of rotatable bonds is 7. The molecule has 0 fully saturated rings. The average molecular weight is 314 g/mol. The van der Waals surface area contributed by atoms with E-state index in [1.807, 2.05) is 68.1 Å². The molecule has 5 nitrogen and oxygen atoms in total. The summed E-state index contributed by atoms with van der Waals surface area (Å²) in [6.07, 6.45) is 4.72. The summed E-state index contributed by atoms with van der Waals surface area (Å²) in [6.45, 7) is 5.52. The number of carbonyl (C=O) groups is 1. The lowest BCUT2D eigenvalue weighted by Crippen LogP contribution is -2.37. The summed E-state index contributed by atoms with van der Waals surface area (Å²) in [5, 5.41) is 7.29. The lowest BCUT2D eigenvalue weighted by atomic mass is 10.0. The first-order chi connectivity index (χ1) is 11.0. The van der Waals surface area contributed by atoms with Crippen molar-refractivity contribution in [2.75, 3.05) is 20.6 Å². The van der Waals surface area contributed by atoms with Gasteiger partial charge in [-0.1, -0.05) is 29.8 Å².